The summed E-state index contributed by atoms with van der Waals surface area (Å²) in [5.41, 5.74) is -0.614. The van der Waals surface area contributed by atoms with Gasteiger partial charge in [0.15, 0.2) is 0 Å². The maximum absolute atomic E-state index is 13.5. The number of halogens is 3. The number of nitrogens with zero attached hydrogens (tertiary/aromatic N) is 2. The monoisotopic (exact) mass is 634 g/mol. The first kappa shape index (κ1) is 30.7. The number of nitrogens with one attached hydrogen (secondary N) is 2. The van der Waals surface area contributed by atoms with Crippen LogP contribution in [0.1, 0.15) is 47.1 Å². The Morgan fingerprint density at radius 1 is 1.12 bits per heavy atom. The lowest BCUT2D eigenvalue weighted by atomic mass is 9.86. The average molecular weight is 635 g/mol. The number of amides is 1. The molecule has 43 heavy (non-hydrogen) atoms. The van der Waals surface area contributed by atoms with Gasteiger partial charge in [0.2, 0.25) is 0 Å². The summed E-state index contributed by atoms with van der Waals surface area (Å²) in [4.78, 5) is 13.2. The maximum Gasteiger partial charge on any atom is 0.433 e. The molecule has 1 aliphatic heterocycles. The van der Waals surface area contributed by atoms with Gasteiger partial charge in [0, 0.05) is 24.7 Å². The van der Waals surface area contributed by atoms with Crippen LogP contribution in [-0.2, 0) is 29.7 Å². The summed E-state index contributed by atoms with van der Waals surface area (Å²) in [6.07, 6.45) is -5.35. The number of fused-ring (bicyclic) bond motifs is 1. The zero-order valence-electron chi connectivity index (χ0n) is 23.3. The van der Waals surface area contributed by atoms with Gasteiger partial charge in [-0.05, 0) is 62.2 Å². The predicted octanol–water partition coefficient (Wildman–Crippen LogP) is 4.69. The van der Waals surface area contributed by atoms with Crippen molar-refractivity contribution in [1.29, 1.82) is 0 Å². The highest BCUT2D eigenvalue weighted by Gasteiger charge is 2.45. The maximum atomic E-state index is 13.5. The van der Waals surface area contributed by atoms with Crippen molar-refractivity contribution >= 4 is 27.3 Å². The summed E-state index contributed by atoms with van der Waals surface area (Å²) in [6.45, 7) is 3.59. The van der Waals surface area contributed by atoms with Crippen molar-refractivity contribution in [3.8, 4) is 16.3 Å². The molecule has 14 heteroatoms. The summed E-state index contributed by atoms with van der Waals surface area (Å²) in [5.74, 6) is -0.0833. The van der Waals surface area contributed by atoms with Gasteiger partial charge >= 0.3 is 6.18 Å². The third-order valence-electron chi connectivity index (χ3n) is 7.10. The van der Waals surface area contributed by atoms with E-state index in [0.29, 0.717) is 23.4 Å². The summed E-state index contributed by atoms with van der Waals surface area (Å²) in [6, 6.07) is 16.5. The molecule has 5 rings (SSSR count). The van der Waals surface area contributed by atoms with E-state index in [1.54, 1.807) is 26.0 Å². The number of aliphatic hydroxyl groups excluding tert-OH is 1. The highest BCUT2D eigenvalue weighted by atomic mass is 32.2. The van der Waals surface area contributed by atoms with Crippen LogP contribution in [0, 0.1) is 0 Å². The van der Waals surface area contributed by atoms with Gasteiger partial charge in [-0.25, -0.2) is 13.1 Å². The number of hydrogen-bond donors (Lipinski definition) is 3. The largest absolute Gasteiger partial charge is 0.485 e. The number of thiophene rings is 1. The fourth-order valence-corrected chi connectivity index (χ4v) is 7.32. The Morgan fingerprint density at radius 2 is 1.84 bits per heavy atom. The zero-order valence-corrected chi connectivity index (χ0v) is 25.0. The van der Waals surface area contributed by atoms with Crippen LogP contribution in [0.15, 0.2) is 70.9 Å². The van der Waals surface area contributed by atoms with E-state index in [4.69, 9.17) is 4.74 Å². The first-order valence-electron chi connectivity index (χ1n) is 13.2. The molecule has 2 aromatic heterocycles. The number of hydrogen-bond acceptors (Lipinski definition) is 7. The Hall–Kier alpha value is -3.72. The van der Waals surface area contributed by atoms with E-state index in [0.717, 1.165) is 30.0 Å². The van der Waals surface area contributed by atoms with E-state index in [1.165, 1.54) is 18.2 Å². The molecule has 228 valence electrons. The summed E-state index contributed by atoms with van der Waals surface area (Å²) < 4.78 is 75.7. The molecule has 0 saturated carbocycles. The Kier molecular flexibility index (Phi) is 8.15. The number of carbonyl (C=O) groups is 1. The Balaban J connectivity index is 1.39. The molecule has 0 spiro atoms. The smallest absolute Gasteiger partial charge is 0.433 e. The third-order valence-corrected chi connectivity index (χ3v) is 10.1. The third kappa shape index (κ3) is 6.47. The number of carbonyl (C=O) groups excluding carboxylic acids is 1. The van der Waals surface area contributed by atoms with Crippen LogP contribution in [-0.4, -0.2) is 47.5 Å². The van der Waals surface area contributed by atoms with Crippen LogP contribution < -0.4 is 14.8 Å². The molecule has 0 saturated heterocycles. The first-order chi connectivity index (χ1) is 20.2. The van der Waals surface area contributed by atoms with Gasteiger partial charge in [0.1, 0.15) is 33.1 Å². The molecule has 4 aromatic rings. The standard InChI is InChI=1S/C29H29F3N4O5S2/c1-28(2)26(37)25(19-15-18(9-10-21(19)41-28)27(38)33-14-13-17-7-5-4-6-8-17)35-43(39,40)24-12-11-22(42-24)20-16-23(29(30,31)32)36(3)34-20/h4-12,15-16,25-26,35,37H,13-14H2,1-3H3,(H,33,38). The highest BCUT2D eigenvalue weighted by molar-refractivity contribution is 7.91. The molecule has 0 bridgehead atoms. The number of alkyl halides is 3. The minimum Gasteiger partial charge on any atom is -0.485 e. The Labute approximate surface area is 250 Å². The van der Waals surface area contributed by atoms with Crippen molar-refractivity contribution < 1.29 is 36.2 Å². The number of rotatable bonds is 8. The van der Waals surface area contributed by atoms with Crippen LogP contribution in [0.2, 0.25) is 0 Å². The van der Waals surface area contributed by atoms with Crippen LogP contribution in [0.5, 0.6) is 5.75 Å². The number of benzene rings is 2. The normalized spacial score (nSPS) is 18.1. The predicted molar refractivity (Wildman–Crippen MR) is 154 cm³/mol. The van der Waals surface area contributed by atoms with Gasteiger partial charge in [-0.2, -0.15) is 18.3 Å². The van der Waals surface area contributed by atoms with Crippen LogP contribution in [0.4, 0.5) is 13.2 Å². The number of aromatic nitrogens is 2. The summed E-state index contributed by atoms with van der Waals surface area (Å²) in [7, 11) is -3.13. The van der Waals surface area contributed by atoms with Crippen LogP contribution in [0.3, 0.4) is 0 Å². The molecule has 2 unspecified atom stereocenters. The lowest BCUT2D eigenvalue weighted by Crippen LogP contribution is -2.53. The van der Waals surface area contributed by atoms with E-state index in [1.807, 2.05) is 30.3 Å². The minimum atomic E-state index is -4.62. The molecule has 2 aromatic carbocycles. The van der Waals surface area contributed by atoms with Gasteiger partial charge in [-0.3, -0.25) is 9.48 Å². The van der Waals surface area contributed by atoms with E-state index >= 15 is 0 Å². The fraction of sp³-hybridized carbons (Fsp3) is 0.310. The molecule has 2 atom stereocenters. The SMILES string of the molecule is Cn1nc(-c2ccc(S(=O)(=O)NC3c4cc(C(=O)NCCc5ccccc5)ccc4OC(C)(C)C3O)s2)cc1C(F)(F)F. The molecule has 0 radical (unpaired) electrons. The number of aliphatic hydroxyl groups is 1. The van der Waals surface area contributed by atoms with E-state index in [9.17, 15) is 31.5 Å². The van der Waals surface area contributed by atoms with Gasteiger partial charge in [0.05, 0.1) is 10.9 Å². The molecule has 3 heterocycles. The van der Waals surface area contributed by atoms with Crippen molar-refractivity contribution in [2.75, 3.05) is 6.54 Å². The molecule has 1 amide bonds. The lowest BCUT2D eigenvalue weighted by Gasteiger charge is -2.42. The molecule has 0 fully saturated rings. The molecule has 1 aliphatic rings. The number of aryl methyl sites for hydroxylation is 1. The molecule has 9 nitrogen and oxygen atoms in total. The topological polar surface area (TPSA) is 123 Å². The Morgan fingerprint density at radius 3 is 2.51 bits per heavy atom. The Bertz CT molecular complexity index is 1750. The highest BCUT2D eigenvalue weighted by Crippen LogP contribution is 2.42. The average Bonchev–Trinajstić information content (AvgIpc) is 3.59. The van der Waals surface area contributed by atoms with Gasteiger partial charge in [0.25, 0.3) is 15.9 Å². The van der Waals surface area contributed by atoms with Gasteiger partial charge in [-0.15, -0.1) is 11.3 Å². The van der Waals surface area contributed by atoms with Crippen molar-refractivity contribution in [3.63, 3.8) is 0 Å². The fourth-order valence-electron chi connectivity index (χ4n) is 4.82. The summed E-state index contributed by atoms with van der Waals surface area (Å²) >= 11 is 0.741. The second-order valence-corrected chi connectivity index (χ2v) is 13.7. The van der Waals surface area contributed by atoms with Gasteiger partial charge in [-0.1, -0.05) is 30.3 Å². The second-order valence-electron chi connectivity index (χ2n) is 10.6. The van der Waals surface area contributed by atoms with E-state index < -0.39 is 39.6 Å². The first-order valence-corrected chi connectivity index (χ1v) is 15.5. The van der Waals surface area contributed by atoms with Crippen LogP contribution >= 0.6 is 11.3 Å². The molecular formula is C29H29F3N4O5S2. The number of ether oxygens (including phenoxy) is 1. The second kappa shape index (κ2) is 11.4. The van der Waals surface area contributed by atoms with E-state index in [-0.39, 0.29) is 31.8 Å². The van der Waals surface area contributed by atoms with Crippen molar-refractivity contribution in [2.24, 2.45) is 7.05 Å². The zero-order chi connectivity index (χ0) is 31.2. The lowest BCUT2D eigenvalue weighted by molar-refractivity contribution is -0.143. The summed E-state index contributed by atoms with van der Waals surface area (Å²) in [5, 5.41) is 17.9. The van der Waals surface area contributed by atoms with E-state index in [2.05, 4.69) is 15.1 Å². The minimum absolute atomic E-state index is 0.0261. The van der Waals surface area contributed by atoms with Crippen LogP contribution in [0.25, 0.3) is 10.6 Å². The molecule has 0 aliphatic carbocycles. The van der Waals surface area contributed by atoms with Crippen molar-refractivity contribution in [1.82, 2.24) is 19.8 Å². The molecule has 3 N–H and O–H groups in total. The van der Waals surface area contributed by atoms with Gasteiger partial charge < -0.3 is 15.2 Å². The molecular weight excluding hydrogens is 605 g/mol. The van der Waals surface area contributed by atoms with Crippen molar-refractivity contribution in [2.45, 2.75) is 48.4 Å². The number of sulfonamides is 1. The van der Waals surface area contributed by atoms with Crippen molar-refractivity contribution in [3.05, 3.63) is 89.1 Å². The quantitative estimate of drug-likeness (QED) is 0.259.